The summed E-state index contributed by atoms with van der Waals surface area (Å²) < 4.78 is 9.46. The van der Waals surface area contributed by atoms with Crippen LogP contribution in [0.2, 0.25) is 0 Å². The summed E-state index contributed by atoms with van der Waals surface area (Å²) in [4.78, 5) is 70.6. The third-order valence-corrected chi connectivity index (χ3v) is 10.6. The maximum atomic E-state index is 13.6. The van der Waals surface area contributed by atoms with E-state index in [1.54, 1.807) is 29.1 Å². The first-order chi connectivity index (χ1) is 26.5. The van der Waals surface area contributed by atoms with E-state index in [2.05, 4.69) is 54.8 Å². The van der Waals surface area contributed by atoms with Gasteiger partial charge in [0.05, 0.1) is 50.1 Å². The molecule has 4 heterocycles. The van der Waals surface area contributed by atoms with Gasteiger partial charge in [-0.3, -0.25) is 9.59 Å². The molecule has 5 N–H and O–H groups in total. The number of nitrogens with zero attached hydrogens (tertiary/aromatic N) is 4. The van der Waals surface area contributed by atoms with Crippen molar-refractivity contribution in [1.82, 2.24) is 40.4 Å². The fraction of sp³-hybridized carbons (Fsp3) is 0.450. The highest BCUT2D eigenvalue weighted by molar-refractivity contribution is 5.87. The summed E-state index contributed by atoms with van der Waals surface area (Å²) in [5.41, 5.74) is 5.65. The number of aliphatic hydroxyl groups excluding tert-OH is 1. The molecule has 15 nitrogen and oxygen atoms in total. The minimum atomic E-state index is -0.923. The Morgan fingerprint density at radius 2 is 1.11 bits per heavy atom. The smallest absolute Gasteiger partial charge is 0.407 e. The number of aliphatic hydroxyl groups is 1. The van der Waals surface area contributed by atoms with Crippen LogP contribution in [0.25, 0.3) is 33.6 Å². The predicted molar refractivity (Wildman–Crippen MR) is 204 cm³/mol. The molecule has 2 fully saturated rings. The van der Waals surface area contributed by atoms with Crippen molar-refractivity contribution in [2.24, 2.45) is 11.8 Å². The van der Waals surface area contributed by atoms with Gasteiger partial charge in [-0.15, -0.1) is 0 Å². The average Bonchev–Trinajstić information content (AvgIpc) is 4.05. The maximum absolute atomic E-state index is 13.6. The van der Waals surface area contributed by atoms with E-state index in [4.69, 9.17) is 9.47 Å². The number of benzene rings is 2. The largest absolute Gasteiger partial charge is 0.453 e. The van der Waals surface area contributed by atoms with E-state index < -0.39 is 30.2 Å². The molecule has 0 saturated carbocycles. The Balaban J connectivity index is 1.11. The van der Waals surface area contributed by atoms with Gasteiger partial charge in [0, 0.05) is 25.6 Å². The zero-order valence-electron chi connectivity index (χ0n) is 31.9. The minimum Gasteiger partial charge on any atom is -0.453 e. The molecule has 4 aromatic rings. The number of nitrogens with one attached hydrogen (secondary N) is 4. The third kappa shape index (κ3) is 8.51. The molecule has 0 aliphatic carbocycles. The molecule has 5 atom stereocenters. The van der Waals surface area contributed by atoms with E-state index in [1.807, 2.05) is 38.1 Å². The first-order valence-electron chi connectivity index (χ1n) is 18.7. The van der Waals surface area contributed by atoms with Gasteiger partial charge < -0.3 is 45.0 Å². The maximum Gasteiger partial charge on any atom is 0.407 e. The van der Waals surface area contributed by atoms with E-state index in [9.17, 15) is 24.3 Å². The molecular weight excluding hydrogens is 704 g/mol. The van der Waals surface area contributed by atoms with Gasteiger partial charge >= 0.3 is 12.2 Å². The average molecular weight is 755 g/mol. The van der Waals surface area contributed by atoms with Gasteiger partial charge in [0.25, 0.3) is 0 Å². The van der Waals surface area contributed by atoms with Crippen LogP contribution in [0, 0.1) is 11.8 Å². The Bertz CT molecular complexity index is 1960. The SMILES string of the molecule is COC(=O)N[C@H](C(=O)N1CCC[C@H]1c1ncc(-c2ccc(-c3ccc(-c4cnc([C@@H]5CCCN5C(=O)[C@@H](NC(=O)OC)[C@H](C)CO)[nH]4)cc3)cc2)[nH]1)C(C)C. The molecule has 0 bridgehead atoms. The standard InChI is InChI=1S/C40H50N8O7/c1-23(2)33(45-39(52)54-4)37(50)47-18-6-8-31(47)35-41-20-29(43-35)27-14-10-25(11-15-27)26-12-16-28(17-13-26)30-21-42-36(44-30)32-9-7-19-48(32)38(51)34(24(3)22-49)46-40(53)55-5/h10-17,20-21,23-24,31-34,49H,6-9,18-19,22H2,1-5H3,(H,41,43)(H,42,44)(H,45,52)(H,46,53)/t24-,31+,32+,33+,34+/m1/s1. The zero-order valence-corrected chi connectivity index (χ0v) is 31.9. The first kappa shape index (κ1) is 39.0. The monoisotopic (exact) mass is 754 g/mol. The summed E-state index contributed by atoms with van der Waals surface area (Å²) >= 11 is 0. The van der Waals surface area contributed by atoms with Crippen LogP contribution in [0.4, 0.5) is 9.59 Å². The van der Waals surface area contributed by atoms with E-state index in [0.29, 0.717) is 24.7 Å². The number of hydrogen-bond donors (Lipinski definition) is 5. The van der Waals surface area contributed by atoms with Crippen molar-refractivity contribution < 1.29 is 33.8 Å². The number of ether oxygens (including phenoxy) is 2. The third-order valence-electron chi connectivity index (χ3n) is 10.6. The number of methoxy groups -OCH3 is 2. The molecule has 292 valence electrons. The number of alkyl carbamates (subject to hydrolysis) is 2. The van der Waals surface area contributed by atoms with Crippen LogP contribution in [0.15, 0.2) is 60.9 Å². The number of carbonyl (C=O) groups is 4. The molecule has 2 aromatic carbocycles. The van der Waals surface area contributed by atoms with Crippen molar-refractivity contribution in [3.8, 4) is 33.6 Å². The van der Waals surface area contributed by atoms with Gasteiger partial charge in [-0.05, 0) is 53.9 Å². The van der Waals surface area contributed by atoms with Crippen molar-refractivity contribution >= 4 is 24.0 Å². The van der Waals surface area contributed by atoms with E-state index in [-0.39, 0.29) is 36.4 Å². The number of likely N-dealkylation sites (tertiary alicyclic amines) is 2. The number of rotatable bonds is 12. The van der Waals surface area contributed by atoms with Gasteiger partial charge in [-0.25, -0.2) is 19.6 Å². The molecule has 2 aliphatic rings. The minimum absolute atomic E-state index is 0.110. The summed E-state index contributed by atoms with van der Waals surface area (Å²) in [5, 5.41) is 15.0. The Morgan fingerprint density at radius 1 is 0.709 bits per heavy atom. The van der Waals surface area contributed by atoms with E-state index in [1.165, 1.54) is 14.2 Å². The lowest BCUT2D eigenvalue weighted by Gasteiger charge is -2.30. The molecule has 0 unspecified atom stereocenters. The summed E-state index contributed by atoms with van der Waals surface area (Å²) in [7, 11) is 2.52. The van der Waals surface area contributed by atoms with Gasteiger partial charge in [-0.1, -0.05) is 69.3 Å². The summed E-state index contributed by atoms with van der Waals surface area (Å²) in [6, 6.07) is 14.2. The highest BCUT2D eigenvalue weighted by Crippen LogP contribution is 2.35. The lowest BCUT2D eigenvalue weighted by Crippen LogP contribution is -2.52. The number of imidazole rings is 2. The van der Waals surface area contributed by atoms with Crippen LogP contribution < -0.4 is 10.6 Å². The van der Waals surface area contributed by atoms with Crippen LogP contribution in [0.3, 0.4) is 0 Å². The molecule has 2 aromatic heterocycles. The molecule has 0 spiro atoms. The second-order valence-electron chi connectivity index (χ2n) is 14.5. The molecule has 15 heteroatoms. The molecular formula is C40H50N8O7. The van der Waals surface area contributed by atoms with Crippen LogP contribution >= 0.6 is 0 Å². The molecule has 6 rings (SSSR count). The Hall–Kier alpha value is -5.70. The summed E-state index contributed by atoms with van der Waals surface area (Å²) in [6.45, 7) is 6.33. The molecule has 2 aliphatic heterocycles. The number of aromatic nitrogens is 4. The van der Waals surface area contributed by atoms with Gasteiger partial charge in [0.15, 0.2) is 0 Å². The van der Waals surface area contributed by atoms with Crippen LogP contribution in [-0.4, -0.2) is 105 Å². The molecule has 55 heavy (non-hydrogen) atoms. The van der Waals surface area contributed by atoms with Crippen molar-refractivity contribution in [1.29, 1.82) is 0 Å². The number of aromatic amines is 2. The normalized spacial score (nSPS) is 18.5. The first-order valence-corrected chi connectivity index (χ1v) is 18.7. The van der Waals surface area contributed by atoms with Crippen LogP contribution in [0.1, 0.15) is 70.2 Å². The fourth-order valence-corrected chi connectivity index (χ4v) is 7.41. The fourth-order valence-electron chi connectivity index (χ4n) is 7.41. The summed E-state index contributed by atoms with van der Waals surface area (Å²) in [5.74, 6) is 0.341. The zero-order chi connectivity index (χ0) is 39.2. The second kappa shape index (κ2) is 17.2. The quantitative estimate of drug-likeness (QED) is 0.129. The van der Waals surface area contributed by atoms with Crippen molar-refractivity contribution in [2.45, 2.75) is 70.6 Å². The topological polar surface area (TPSA) is 195 Å². The highest BCUT2D eigenvalue weighted by atomic mass is 16.5. The Morgan fingerprint density at radius 3 is 1.51 bits per heavy atom. The van der Waals surface area contributed by atoms with Crippen LogP contribution in [0.5, 0.6) is 0 Å². The summed E-state index contributed by atoms with van der Waals surface area (Å²) in [6.07, 6.45) is 5.33. The highest BCUT2D eigenvalue weighted by Gasteiger charge is 2.39. The lowest BCUT2D eigenvalue weighted by atomic mass is 10.0. The molecule has 0 radical (unpaired) electrons. The van der Waals surface area contributed by atoms with Crippen molar-refractivity contribution in [3.05, 3.63) is 72.6 Å². The van der Waals surface area contributed by atoms with E-state index >= 15 is 0 Å². The van der Waals surface area contributed by atoms with E-state index in [0.717, 1.165) is 59.3 Å². The number of amides is 4. The van der Waals surface area contributed by atoms with Gasteiger partial charge in [-0.2, -0.15) is 0 Å². The number of hydrogen-bond acceptors (Lipinski definition) is 9. The lowest BCUT2D eigenvalue weighted by molar-refractivity contribution is -0.136. The molecule has 4 amide bonds. The molecule has 2 saturated heterocycles. The number of carbonyl (C=O) groups excluding carboxylic acids is 4. The predicted octanol–water partition coefficient (Wildman–Crippen LogP) is 5.19. The Labute approximate surface area is 320 Å². The van der Waals surface area contributed by atoms with Crippen molar-refractivity contribution in [2.75, 3.05) is 33.9 Å². The second-order valence-corrected chi connectivity index (χ2v) is 14.5. The Kier molecular flexibility index (Phi) is 12.2. The van der Waals surface area contributed by atoms with Crippen molar-refractivity contribution in [3.63, 3.8) is 0 Å². The van der Waals surface area contributed by atoms with Crippen LogP contribution in [-0.2, 0) is 19.1 Å². The number of H-pyrrole nitrogens is 2. The van der Waals surface area contributed by atoms with Gasteiger partial charge in [0.2, 0.25) is 11.8 Å². The van der Waals surface area contributed by atoms with Gasteiger partial charge in [0.1, 0.15) is 23.7 Å².